The number of hydrogen-bond donors (Lipinski definition) is 0. The number of hydrogen-bond acceptors (Lipinski definition) is 0. The molecule has 0 aliphatic heterocycles. The van der Waals surface area contributed by atoms with Crippen LogP contribution in [0.4, 0.5) is 0 Å². The summed E-state index contributed by atoms with van der Waals surface area (Å²) >= 11 is 5.62. The second-order valence-corrected chi connectivity index (χ2v) is 5.46. The van der Waals surface area contributed by atoms with Crippen LogP contribution < -0.4 is 0 Å². The van der Waals surface area contributed by atoms with Gasteiger partial charge in [-0.05, 0) is 19.3 Å². The van der Waals surface area contributed by atoms with Crippen molar-refractivity contribution >= 4 is 11.6 Å². The molecule has 0 N–H and O–H groups in total. The molecular weight excluding hydrogens is 240 g/mol. The molecule has 0 bridgehead atoms. The Morgan fingerprint density at radius 1 is 0.611 bits per heavy atom. The SMILES string of the molecule is CCCCCCCCCC#CCCCCCCCl. The van der Waals surface area contributed by atoms with E-state index in [-0.39, 0.29) is 0 Å². The second kappa shape index (κ2) is 16.9. The molecule has 0 unspecified atom stereocenters. The molecule has 0 spiro atoms. The van der Waals surface area contributed by atoms with Crippen LogP contribution in [-0.4, -0.2) is 5.88 Å². The lowest BCUT2D eigenvalue weighted by atomic mass is 10.1. The van der Waals surface area contributed by atoms with Crippen molar-refractivity contribution in [1.82, 2.24) is 0 Å². The average molecular weight is 271 g/mol. The van der Waals surface area contributed by atoms with Gasteiger partial charge in [-0.25, -0.2) is 0 Å². The predicted octanol–water partition coefficient (Wildman–Crippen LogP) is 6.32. The Morgan fingerprint density at radius 3 is 1.56 bits per heavy atom. The molecule has 0 saturated carbocycles. The lowest BCUT2D eigenvalue weighted by Crippen LogP contribution is -1.80. The quantitative estimate of drug-likeness (QED) is 0.221. The first-order valence-corrected chi connectivity index (χ1v) is 8.47. The molecule has 0 aliphatic carbocycles. The number of alkyl halides is 1. The maximum atomic E-state index is 5.62. The standard InChI is InChI=1S/C17H31Cl/c1-2-3-4-5-6-7-8-9-10-11-12-13-14-15-16-17-18/h2-9,12-17H2,1H3. The van der Waals surface area contributed by atoms with Gasteiger partial charge < -0.3 is 0 Å². The summed E-state index contributed by atoms with van der Waals surface area (Å²) in [5, 5.41) is 0. The Kier molecular flexibility index (Phi) is 16.7. The first-order valence-electron chi connectivity index (χ1n) is 7.93. The van der Waals surface area contributed by atoms with E-state index in [0.29, 0.717) is 0 Å². The number of unbranched alkanes of at least 4 members (excludes halogenated alkanes) is 11. The van der Waals surface area contributed by atoms with E-state index in [1.807, 2.05) is 0 Å². The predicted molar refractivity (Wildman–Crippen MR) is 84.2 cm³/mol. The first kappa shape index (κ1) is 17.8. The summed E-state index contributed by atoms with van der Waals surface area (Å²) < 4.78 is 0. The summed E-state index contributed by atoms with van der Waals surface area (Å²) in [7, 11) is 0. The third kappa shape index (κ3) is 15.9. The lowest BCUT2D eigenvalue weighted by Gasteiger charge is -1.98. The summed E-state index contributed by atoms with van der Waals surface area (Å²) in [5.41, 5.74) is 0. The number of rotatable bonds is 12. The Hall–Kier alpha value is -0.150. The van der Waals surface area contributed by atoms with E-state index >= 15 is 0 Å². The Labute approximate surface area is 120 Å². The van der Waals surface area contributed by atoms with E-state index in [0.717, 1.165) is 25.1 Å². The van der Waals surface area contributed by atoms with Crippen LogP contribution in [0.2, 0.25) is 0 Å². The minimum absolute atomic E-state index is 0.809. The highest BCUT2D eigenvalue weighted by Gasteiger charge is 1.89. The van der Waals surface area contributed by atoms with Crippen molar-refractivity contribution in [3.05, 3.63) is 0 Å². The van der Waals surface area contributed by atoms with Crippen LogP contribution in [0.5, 0.6) is 0 Å². The van der Waals surface area contributed by atoms with Crippen LogP contribution >= 0.6 is 11.6 Å². The summed E-state index contributed by atoms with van der Waals surface area (Å²) in [4.78, 5) is 0. The van der Waals surface area contributed by atoms with Gasteiger partial charge in [0, 0.05) is 18.7 Å². The van der Waals surface area contributed by atoms with Gasteiger partial charge in [0.25, 0.3) is 0 Å². The molecule has 0 atom stereocenters. The highest BCUT2D eigenvalue weighted by Crippen LogP contribution is 2.08. The largest absolute Gasteiger partial charge is 0.127 e. The first-order chi connectivity index (χ1) is 8.91. The maximum Gasteiger partial charge on any atom is 0.0223 e. The minimum Gasteiger partial charge on any atom is -0.127 e. The van der Waals surface area contributed by atoms with Gasteiger partial charge in [0.15, 0.2) is 0 Å². The average Bonchev–Trinajstić information content (AvgIpc) is 2.39. The zero-order valence-electron chi connectivity index (χ0n) is 12.3. The fourth-order valence-electron chi connectivity index (χ4n) is 2.01. The van der Waals surface area contributed by atoms with E-state index in [9.17, 15) is 0 Å². The van der Waals surface area contributed by atoms with Gasteiger partial charge in [-0.3, -0.25) is 0 Å². The molecule has 0 aromatic rings. The zero-order valence-corrected chi connectivity index (χ0v) is 13.0. The van der Waals surface area contributed by atoms with Crippen molar-refractivity contribution in [1.29, 1.82) is 0 Å². The molecule has 0 heterocycles. The third-order valence-electron chi connectivity index (χ3n) is 3.22. The van der Waals surface area contributed by atoms with Crippen molar-refractivity contribution < 1.29 is 0 Å². The second-order valence-electron chi connectivity index (χ2n) is 5.08. The third-order valence-corrected chi connectivity index (χ3v) is 3.48. The molecule has 0 amide bonds. The monoisotopic (exact) mass is 270 g/mol. The molecule has 0 radical (unpaired) electrons. The molecule has 0 aromatic heterocycles. The molecule has 0 aliphatic rings. The fourth-order valence-corrected chi connectivity index (χ4v) is 2.20. The Bertz CT molecular complexity index is 199. The smallest absolute Gasteiger partial charge is 0.0223 e. The summed E-state index contributed by atoms with van der Waals surface area (Å²) in [6.07, 6.45) is 16.8. The fraction of sp³-hybridized carbons (Fsp3) is 0.882. The van der Waals surface area contributed by atoms with Crippen molar-refractivity contribution in [3.63, 3.8) is 0 Å². The van der Waals surface area contributed by atoms with E-state index < -0.39 is 0 Å². The van der Waals surface area contributed by atoms with E-state index in [1.54, 1.807) is 0 Å². The highest BCUT2D eigenvalue weighted by atomic mass is 35.5. The topological polar surface area (TPSA) is 0 Å². The molecule has 0 rings (SSSR count). The van der Waals surface area contributed by atoms with Gasteiger partial charge in [-0.1, -0.05) is 58.3 Å². The number of halogens is 1. The van der Waals surface area contributed by atoms with Gasteiger partial charge in [0.2, 0.25) is 0 Å². The summed E-state index contributed by atoms with van der Waals surface area (Å²) in [5.74, 6) is 7.40. The molecule has 0 fully saturated rings. The van der Waals surface area contributed by atoms with Crippen molar-refractivity contribution in [2.75, 3.05) is 5.88 Å². The minimum atomic E-state index is 0.809. The molecule has 106 valence electrons. The van der Waals surface area contributed by atoms with Crippen LogP contribution in [-0.2, 0) is 0 Å². The van der Waals surface area contributed by atoms with Gasteiger partial charge in [0.05, 0.1) is 0 Å². The lowest BCUT2D eigenvalue weighted by molar-refractivity contribution is 0.594. The van der Waals surface area contributed by atoms with E-state index in [1.165, 1.54) is 64.2 Å². The summed E-state index contributed by atoms with van der Waals surface area (Å²) in [6, 6.07) is 0. The van der Waals surface area contributed by atoms with Crippen molar-refractivity contribution in [2.24, 2.45) is 0 Å². The van der Waals surface area contributed by atoms with Crippen LogP contribution in [0, 0.1) is 11.8 Å². The van der Waals surface area contributed by atoms with Gasteiger partial charge >= 0.3 is 0 Å². The molecule has 1 heteroatoms. The van der Waals surface area contributed by atoms with Crippen molar-refractivity contribution in [3.8, 4) is 11.8 Å². The molecule has 0 aromatic carbocycles. The van der Waals surface area contributed by atoms with Gasteiger partial charge in [-0.2, -0.15) is 0 Å². The molecule has 0 saturated heterocycles. The van der Waals surface area contributed by atoms with Gasteiger partial charge in [0.1, 0.15) is 0 Å². The Balaban J connectivity index is 3.05. The summed E-state index contributed by atoms with van der Waals surface area (Å²) in [6.45, 7) is 2.27. The normalized spacial score (nSPS) is 10.1. The van der Waals surface area contributed by atoms with Crippen LogP contribution in [0.25, 0.3) is 0 Å². The highest BCUT2D eigenvalue weighted by molar-refractivity contribution is 6.17. The molecule has 0 nitrogen and oxygen atoms in total. The van der Waals surface area contributed by atoms with E-state index in [4.69, 9.17) is 11.6 Å². The van der Waals surface area contributed by atoms with Crippen molar-refractivity contribution in [2.45, 2.75) is 90.4 Å². The van der Waals surface area contributed by atoms with Crippen LogP contribution in [0.3, 0.4) is 0 Å². The molecular formula is C17H31Cl. The van der Waals surface area contributed by atoms with Gasteiger partial charge in [-0.15, -0.1) is 23.4 Å². The van der Waals surface area contributed by atoms with Crippen LogP contribution in [0.15, 0.2) is 0 Å². The van der Waals surface area contributed by atoms with Crippen LogP contribution in [0.1, 0.15) is 90.4 Å². The zero-order chi connectivity index (χ0) is 13.3. The molecule has 18 heavy (non-hydrogen) atoms. The maximum absolute atomic E-state index is 5.62. The van der Waals surface area contributed by atoms with E-state index in [2.05, 4.69) is 18.8 Å². The Morgan fingerprint density at radius 2 is 1.06 bits per heavy atom.